The maximum Gasteiger partial charge on any atom is 0.413 e. The Kier molecular flexibility index (Phi) is 56.8. The molecule has 0 bridgehead atoms. The second kappa shape index (κ2) is 67.4. The quantitative estimate of drug-likeness (QED) is 0.00706. The van der Waals surface area contributed by atoms with Crippen LogP contribution < -0.4 is 63.3 Å². The number of epoxide rings is 1. The Labute approximate surface area is 830 Å². The molecule has 3 fully saturated rings. The van der Waals surface area contributed by atoms with Crippen LogP contribution >= 0.6 is 0 Å². The van der Waals surface area contributed by atoms with E-state index in [1.807, 2.05) is 100 Å². The summed E-state index contributed by atoms with van der Waals surface area (Å²) in [6, 6.07) is 53.5. The number of phenolic OH excluding ortho intramolecular Hbond substituents is 4. The molecule has 6 atom stereocenters. The van der Waals surface area contributed by atoms with E-state index in [0.29, 0.717) is 77.0 Å². The maximum absolute atomic E-state index is 13.3. The normalized spacial score (nSPS) is 13.5. The summed E-state index contributed by atoms with van der Waals surface area (Å²) >= 11 is 0. The van der Waals surface area contributed by atoms with Crippen molar-refractivity contribution >= 4 is 98.5 Å². The lowest BCUT2D eigenvalue weighted by Gasteiger charge is -2.23. The summed E-state index contributed by atoms with van der Waals surface area (Å²) < 4.78 is 94.6. The molecule has 145 heavy (non-hydrogen) atoms. The summed E-state index contributed by atoms with van der Waals surface area (Å²) in [6.45, 7) is 18.8. The molecule has 6 heterocycles. The minimum Gasteiger partial charge on any atom is -0.508 e. The van der Waals surface area contributed by atoms with E-state index >= 15 is 0 Å². The standard InChI is InChI=1S/C28H31N3O7.C12H12FNO2.C12H14N2O3.C11H14N2O3.C11H16N2O3.C7H4FNO.C7H6N2O2.C4H8O.C2H5NO2.C2H6.3CO2/c1-28(2,3)37-27(34)31-25(29)21-15-14-20(16-22(21)32)35-17-23(38-30)26(33)36-24(18-10-6-4-7-11-18)19-12-8-5-9-13-19;13-11-7-10(5-4-9(11)8-14)16-12-3-1-2-6-15-12;13-12-9-5-4-8(7-10(9)17-14-12)16-11-3-1-2-6-15-11;1-2-7(14)6-15-8-3-4-9-10(5-8)16-13-11(9)12;1-2-7(14)6-16-8-3-4-9(11(12)13)10(15)5-8;8-7-3-6(10)2-1-5(7)4-9;8-7-5-2-1-4(10)3-6(5)11-9-7;1-2-4-3-5-4;1-2(4)3-5;1-2;3*2-1-3/h4-16,23-24,32H,17,30H2,1-3H3,(H2,29,31,34);4-5,7,12H,1-3,6H2;4-5,7,11H,1-3,6H2,(H2,13,14);3-5,7,14H,2,6H2,1H3,(H2,12,13);3-5,7,14-15H,2,6H2,1H3,(H3,12,13);1-3,10H;1-3,10H,(H2,8,9);4H,2-3H2,1H3;5H,1H3,(H,3,4);1-2H3;;;. The van der Waals surface area contributed by atoms with Gasteiger partial charge in [0, 0.05) is 62.2 Å². The molecule has 0 aliphatic carbocycles. The van der Waals surface area contributed by atoms with Crippen LogP contribution in [0.4, 0.5) is 31.0 Å². The Morgan fingerprint density at radius 2 is 0.917 bits per heavy atom. The fourth-order valence-corrected chi connectivity index (χ4v) is 11.3. The first-order chi connectivity index (χ1) is 69.4. The Morgan fingerprint density at radius 1 is 0.538 bits per heavy atom. The number of benzene rings is 9. The average Bonchev–Trinajstić information content (AvgIpc) is 1.82. The Bertz CT molecular complexity index is 6080. The number of nitrogens with two attached hydrogens (primary N) is 5. The van der Waals surface area contributed by atoms with E-state index in [9.17, 15) is 43.6 Å². The first-order valence-electron chi connectivity index (χ1n) is 44.2. The molecule has 776 valence electrons. The largest absolute Gasteiger partial charge is 0.508 e. The minimum absolute atomic E-state index is 0.0249. The van der Waals surface area contributed by atoms with E-state index in [2.05, 4.69) is 27.7 Å². The van der Waals surface area contributed by atoms with E-state index in [4.69, 9.17) is 160 Å². The summed E-state index contributed by atoms with van der Waals surface area (Å²) in [5, 5.41) is 111. The third-order valence-electron chi connectivity index (χ3n) is 18.6. The number of nitrogens with zero attached hydrogens (tertiary/aromatic N) is 5. The Balaban J connectivity index is 0.000000436. The van der Waals surface area contributed by atoms with E-state index in [-0.39, 0.29) is 114 Å². The molecule has 12 aromatic rings. The number of phenols is 4. The zero-order valence-electron chi connectivity index (χ0n) is 80.4. The van der Waals surface area contributed by atoms with Crippen molar-refractivity contribution in [2.24, 2.45) is 11.6 Å². The van der Waals surface area contributed by atoms with Crippen molar-refractivity contribution in [1.82, 2.24) is 26.3 Å². The number of ether oxygens (including phenoxy) is 10. The highest BCUT2D eigenvalue weighted by atomic mass is 19.1. The molecule has 6 unspecified atom stereocenters. The second-order valence-corrected chi connectivity index (χ2v) is 30.4. The van der Waals surface area contributed by atoms with Gasteiger partial charge in [0.05, 0.1) is 76.5 Å². The fraction of sp³-hybridized carbons (Fsp3) is 0.323. The number of carbonyl (C=O) groups excluding carboxylic acids is 9. The Morgan fingerprint density at radius 3 is 1.30 bits per heavy atom. The van der Waals surface area contributed by atoms with Crippen LogP contribution in [0, 0.1) is 45.1 Å². The molecule has 0 saturated carbocycles. The van der Waals surface area contributed by atoms with Gasteiger partial charge < -0.3 is 115 Å². The highest BCUT2D eigenvalue weighted by molar-refractivity contribution is 6.06. The van der Waals surface area contributed by atoms with E-state index in [1.54, 1.807) is 75.4 Å². The predicted octanol–water partition coefficient (Wildman–Crippen LogP) is 13.6. The number of halogens is 2. The zero-order valence-corrected chi connectivity index (χ0v) is 80.4. The first kappa shape index (κ1) is 122. The van der Waals surface area contributed by atoms with Crippen LogP contribution in [-0.2, 0) is 66.9 Å². The van der Waals surface area contributed by atoms with Gasteiger partial charge in [-0.2, -0.15) is 39.3 Å². The number of aromatic nitrogens is 3. The van der Waals surface area contributed by atoms with Gasteiger partial charge in [0.2, 0.25) is 12.0 Å². The number of fused-ring (bicyclic) bond motifs is 3. The first-order valence-corrected chi connectivity index (χ1v) is 44.2. The number of hydrogen-bond donors (Lipinski definition) is 16. The number of rotatable bonds is 23. The SMILES string of the molecule is CC.CC(=O)NO.CC(C)(C)OC(=O)NC(=N)c1ccc(OCC(ON)C(=O)OC(c2ccccc2)c2ccccc2)cc1O.CCC(O)COc1ccc(C(=N)N)c(O)c1.CCC(O)COc1ccc2c(N)noc2c1.CCC1CO1.N#Cc1ccc(O)cc1F.N#Cc1ccc(OC2CCCCO2)cc1F.Nc1noc2cc(O)ccc12.Nc1noc2cc(OC3CCCCO3)ccc12.O=C=O.O=C=O.O=C=O. The lowest BCUT2D eigenvalue weighted by molar-refractivity contribution is -0.193. The third kappa shape index (κ3) is 46.8. The van der Waals surface area contributed by atoms with Gasteiger partial charge in [-0.05, 0) is 162 Å². The molecule has 3 saturated heterocycles. The number of esters is 1. The van der Waals surface area contributed by atoms with E-state index in [0.717, 1.165) is 90.8 Å². The smallest absolute Gasteiger partial charge is 0.413 e. The van der Waals surface area contributed by atoms with Gasteiger partial charge >= 0.3 is 30.5 Å². The highest BCUT2D eigenvalue weighted by Crippen LogP contribution is 2.33. The third-order valence-corrected chi connectivity index (χ3v) is 18.6. The lowest BCUT2D eigenvalue weighted by atomic mass is 10.0. The van der Waals surface area contributed by atoms with Gasteiger partial charge in [-0.1, -0.05) is 111 Å². The number of aliphatic hydroxyl groups is 2. The summed E-state index contributed by atoms with van der Waals surface area (Å²) in [6.07, 6.45) is 5.77. The van der Waals surface area contributed by atoms with Gasteiger partial charge in [0.1, 0.15) is 113 Å². The topological polar surface area (TPSA) is 728 Å². The number of alkyl carbamates (subject to hydrolysis) is 1. The fourth-order valence-electron chi connectivity index (χ4n) is 11.3. The monoisotopic (exact) mass is 2020 g/mol. The van der Waals surface area contributed by atoms with Crippen LogP contribution in [0.15, 0.2) is 202 Å². The van der Waals surface area contributed by atoms with E-state index < -0.39 is 59.6 Å². The Hall–Kier alpha value is -17.0. The van der Waals surface area contributed by atoms with Gasteiger partial charge in [-0.3, -0.25) is 31.0 Å². The molecule has 21 N–H and O–H groups in total. The minimum atomic E-state index is -1.26. The number of nitrogen functional groups attached to an aromatic ring is 4. The molecule has 15 rings (SSSR count). The van der Waals surface area contributed by atoms with Crippen molar-refractivity contribution < 1.29 is 154 Å². The van der Waals surface area contributed by atoms with Gasteiger partial charge in [0.15, 0.2) is 52.9 Å². The molecular formula is C99H116F2N14O30. The van der Waals surface area contributed by atoms with E-state index in [1.165, 1.54) is 85.6 Å². The zero-order chi connectivity index (χ0) is 108. The summed E-state index contributed by atoms with van der Waals surface area (Å²) in [5.41, 5.74) is 26.1. The molecular weight excluding hydrogens is 1900 g/mol. The van der Waals surface area contributed by atoms with Crippen LogP contribution in [-0.4, -0.2) is 182 Å². The van der Waals surface area contributed by atoms with Crippen LogP contribution in [0.2, 0.25) is 0 Å². The van der Waals surface area contributed by atoms with Crippen LogP contribution in [0.25, 0.3) is 32.9 Å². The molecule has 0 radical (unpaired) electrons. The molecule has 2 amide bonds. The number of aromatic hydroxyl groups is 4. The van der Waals surface area contributed by atoms with Gasteiger partial charge in [-0.15, -0.1) is 0 Å². The number of amidine groups is 2. The number of amides is 2. The number of hydroxylamine groups is 1. The summed E-state index contributed by atoms with van der Waals surface area (Å²) in [5.74, 6) is 5.42. The number of nitriles is 2. The van der Waals surface area contributed by atoms with Crippen LogP contribution in [0.5, 0.6) is 51.7 Å². The van der Waals surface area contributed by atoms with Crippen molar-refractivity contribution in [3.63, 3.8) is 0 Å². The van der Waals surface area contributed by atoms with Crippen molar-refractivity contribution in [3.05, 3.63) is 233 Å². The van der Waals surface area contributed by atoms with Crippen LogP contribution in [0.3, 0.4) is 0 Å². The second-order valence-electron chi connectivity index (χ2n) is 30.4. The molecule has 44 nitrogen and oxygen atoms in total. The predicted molar refractivity (Wildman–Crippen MR) is 514 cm³/mol. The van der Waals surface area contributed by atoms with Crippen molar-refractivity contribution in [2.75, 3.05) is 56.8 Å². The molecule has 3 aliphatic rings. The summed E-state index contributed by atoms with van der Waals surface area (Å²) in [7, 11) is 0. The number of carbonyl (C=O) groups is 3. The van der Waals surface area contributed by atoms with Crippen LogP contribution in [0.1, 0.15) is 160 Å². The average molecular weight is 2020 g/mol. The van der Waals surface area contributed by atoms with Gasteiger partial charge in [0.25, 0.3) is 0 Å². The number of nitrogens with one attached hydrogen (secondary N) is 4. The molecule has 9 aromatic carbocycles. The maximum atomic E-state index is 13.3. The van der Waals surface area contributed by atoms with Crippen molar-refractivity contribution in [1.29, 1.82) is 21.3 Å². The summed E-state index contributed by atoms with van der Waals surface area (Å²) in [4.78, 5) is 87.9. The molecule has 3 aromatic heterocycles. The number of anilines is 3. The molecule has 0 spiro atoms. The van der Waals surface area contributed by atoms with Gasteiger partial charge in [-0.25, -0.2) is 29.7 Å². The van der Waals surface area contributed by atoms with Crippen molar-refractivity contribution in [3.8, 4) is 63.9 Å². The lowest BCUT2D eigenvalue weighted by Crippen LogP contribution is -2.36. The number of hydrogen-bond acceptors (Lipinski definition) is 41. The molecule has 3 aliphatic heterocycles. The molecule has 46 heteroatoms. The number of aliphatic hydroxyl groups excluding tert-OH is 2. The van der Waals surface area contributed by atoms with Crippen molar-refractivity contribution in [2.45, 2.75) is 169 Å². The highest BCUT2D eigenvalue weighted by Gasteiger charge is 2.29.